The highest BCUT2D eigenvalue weighted by atomic mass is 16.4. The predicted octanol–water partition coefficient (Wildman–Crippen LogP) is 0.479. The SMILES string of the molecule is CCCN(CC(=O)N(C)C)c1cncc(C(=O)O)n1. The van der Waals surface area contributed by atoms with Gasteiger partial charge in [-0.25, -0.2) is 9.78 Å². The minimum Gasteiger partial charge on any atom is -0.476 e. The lowest BCUT2D eigenvalue weighted by atomic mass is 10.3. The van der Waals surface area contributed by atoms with Gasteiger partial charge in [-0.1, -0.05) is 6.92 Å². The van der Waals surface area contributed by atoms with E-state index in [4.69, 9.17) is 5.11 Å². The molecule has 0 radical (unpaired) electrons. The Morgan fingerprint density at radius 1 is 1.32 bits per heavy atom. The third-order valence-electron chi connectivity index (χ3n) is 2.48. The quantitative estimate of drug-likeness (QED) is 0.806. The molecule has 0 unspecified atom stereocenters. The zero-order valence-electron chi connectivity index (χ0n) is 11.3. The Morgan fingerprint density at radius 2 is 2.00 bits per heavy atom. The van der Waals surface area contributed by atoms with Crippen molar-refractivity contribution in [1.82, 2.24) is 14.9 Å². The van der Waals surface area contributed by atoms with Crippen LogP contribution in [-0.4, -0.2) is 59.0 Å². The van der Waals surface area contributed by atoms with E-state index in [1.165, 1.54) is 17.3 Å². The van der Waals surface area contributed by atoms with Crippen LogP contribution >= 0.6 is 0 Å². The van der Waals surface area contributed by atoms with Crippen molar-refractivity contribution in [2.45, 2.75) is 13.3 Å². The highest BCUT2D eigenvalue weighted by molar-refractivity contribution is 5.85. The van der Waals surface area contributed by atoms with Crippen molar-refractivity contribution in [3.05, 3.63) is 18.1 Å². The maximum Gasteiger partial charge on any atom is 0.356 e. The number of carbonyl (C=O) groups excluding carboxylic acids is 1. The van der Waals surface area contributed by atoms with E-state index in [0.29, 0.717) is 12.4 Å². The van der Waals surface area contributed by atoms with E-state index in [0.717, 1.165) is 6.42 Å². The molecular weight excluding hydrogens is 248 g/mol. The van der Waals surface area contributed by atoms with Gasteiger partial charge in [0.15, 0.2) is 5.69 Å². The normalized spacial score (nSPS) is 10.1. The highest BCUT2D eigenvalue weighted by Gasteiger charge is 2.15. The molecular formula is C12H18N4O3. The summed E-state index contributed by atoms with van der Waals surface area (Å²) in [7, 11) is 3.34. The first-order valence-electron chi connectivity index (χ1n) is 5.96. The first-order chi connectivity index (χ1) is 8.95. The number of hydrogen-bond acceptors (Lipinski definition) is 5. The van der Waals surface area contributed by atoms with Gasteiger partial charge in [0.1, 0.15) is 5.82 Å². The third kappa shape index (κ3) is 4.20. The zero-order valence-corrected chi connectivity index (χ0v) is 11.3. The molecule has 0 saturated heterocycles. The summed E-state index contributed by atoms with van der Waals surface area (Å²) in [6.07, 6.45) is 3.47. The van der Waals surface area contributed by atoms with E-state index in [9.17, 15) is 9.59 Å². The lowest BCUT2D eigenvalue weighted by molar-refractivity contribution is -0.127. The Bertz CT molecular complexity index is 462. The fraction of sp³-hybridized carbons (Fsp3) is 0.500. The zero-order chi connectivity index (χ0) is 14.4. The summed E-state index contributed by atoms with van der Waals surface area (Å²) in [6, 6.07) is 0. The van der Waals surface area contributed by atoms with E-state index in [-0.39, 0.29) is 18.1 Å². The second-order valence-electron chi connectivity index (χ2n) is 4.28. The number of carboxylic acids is 1. The lowest BCUT2D eigenvalue weighted by Gasteiger charge is -2.24. The molecule has 19 heavy (non-hydrogen) atoms. The van der Waals surface area contributed by atoms with Gasteiger partial charge in [-0.15, -0.1) is 0 Å². The van der Waals surface area contributed by atoms with Crippen molar-refractivity contribution >= 4 is 17.7 Å². The smallest absolute Gasteiger partial charge is 0.356 e. The number of hydrogen-bond donors (Lipinski definition) is 1. The minimum absolute atomic E-state index is 0.0732. The van der Waals surface area contributed by atoms with Gasteiger partial charge in [0.2, 0.25) is 5.91 Å². The molecule has 0 aliphatic rings. The molecule has 1 aromatic rings. The number of amides is 1. The van der Waals surface area contributed by atoms with Gasteiger partial charge in [-0.3, -0.25) is 9.78 Å². The van der Waals surface area contributed by atoms with Gasteiger partial charge in [-0.2, -0.15) is 0 Å². The number of carbonyl (C=O) groups is 2. The maximum atomic E-state index is 11.7. The number of anilines is 1. The van der Waals surface area contributed by atoms with E-state index in [2.05, 4.69) is 9.97 Å². The predicted molar refractivity (Wildman–Crippen MR) is 70.2 cm³/mol. The molecule has 7 heteroatoms. The van der Waals surface area contributed by atoms with Crippen LogP contribution in [0.4, 0.5) is 5.82 Å². The molecule has 0 aromatic carbocycles. The Kier molecular flexibility index (Phi) is 5.23. The van der Waals surface area contributed by atoms with Crippen molar-refractivity contribution in [2.75, 3.05) is 32.1 Å². The van der Waals surface area contributed by atoms with Gasteiger partial charge >= 0.3 is 5.97 Å². The first-order valence-corrected chi connectivity index (χ1v) is 5.96. The maximum absolute atomic E-state index is 11.7. The highest BCUT2D eigenvalue weighted by Crippen LogP contribution is 2.10. The molecule has 1 N–H and O–H groups in total. The molecule has 1 aromatic heterocycles. The Balaban J connectivity index is 2.95. The van der Waals surface area contributed by atoms with E-state index in [1.807, 2.05) is 6.92 Å². The largest absolute Gasteiger partial charge is 0.476 e. The molecule has 0 spiro atoms. The molecule has 0 bridgehead atoms. The molecule has 0 aliphatic carbocycles. The second kappa shape index (κ2) is 6.67. The molecule has 0 fully saturated rings. The van der Waals surface area contributed by atoms with Crippen LogP contribution in [0.2, 0.25) is 0 Å². The van der Waals surface area contributed by atoms with Crippen LogP contribution in [0.15, 0.2) is 12.4 Å². The topological polar surface area (TPSA) is 86.6 Å². The van der Waals surface area contributed by atoms with Crippen LogP contribution in [0.25, 0.3) is 0 Å². The molecule has 0 saturated carbocycles. The third-order valence-corrected chi connectivity index (χ3v) is 2.48. The van der Waals surface area contributed by atoms with Crippen LogP contribution in [0.5, 0.6) is 0 Å². The molecule has 1 amide bonds. The van der Waals surface area contributed by atoms with Gasteiger partial charge in [0.25, 0.3) is 0 Å². The number of aromatic nitrogens is 2. The average molecular weight is 266 g/mol. The molecule has 104 valence electrons. The fourth-order valence-electron chi connectivity index (χ4n) is 1.46. The number of nitrogens with zero attached hydrogens (tertiary/aromatic N) is 4. The standard InChI is InChI=1S/C12H18N4O3/c1-4-5-16(8-11(17)15(2)3)10-7-13-6-9(14-10)12(18)19/h6-7H,4-5,8H2,1-3H3,(H,18,19). The number of rotatable bonds is 6. The second-order valence-corrected chi connectivity index (χ2v) is 4.28. The van der Waals surface area contributed by atoms with E-state index in [1.54, 1.807) is 19.0 Å². The first kappa shape index (κ1) is 14.9. The summed E-state index contributed by atoms with van der Waals surface area (Å²) in [5.41, 5.74) is -0.129. The summed E-state index contributed by atoms with van der Waals surface area (Å²) in [5.74, 6) is -0.808. The van der Waals surface area contributed by atoms with Gasteiger partial charge in [0.05, 0.1) is 18.9 Å². The Morgan fingerprint density at radius 3 is 2.53 bits per heavy atom. The van der Waals surface area contributed by atoms with Crippen molar-refractivity contribution in [2.24, 2.45) is 0 Å². The Hall–Kier alpha value is -2.18. The van der Waals surface area contributed by atoms with E-state index >= 15 is 0 Å². The molecule has 0 atom stereocenters. The summed E-state index contributed by atoms with van der Waals surface area (Å²) < 4.78 is 0. The van der Waals surface area contributed by atoms with Gasteiger partial charge < -0.3 is 14.9 Å². The number of carboxylic acid groups (broad SMARTS) is 1. The van der Waals surface area contributed by atoms with Gasteiger partial charge in [-0.05, 0) is 6.42 Å². The molecule has 7 nitrogen and oxygen atoms in total. The molecule has 0 aliphatic heterocycles. The van der Waals surface area contributed by atoms with Gasteiger partial charge in [0, 0.05) is 20.6 Å². The minimum atomic E-state index is -1.13. The molecule has 1 rings (SSSR count). The van der Waals surface area contributed by atoms with E-state index < -0.39 is 5.97 Å². The Labute approximate surface area is 111 Å². The summed E-state index contributed by atoms with van der Waals surface area (Å²) in [6.45, 7) is 2.73. The summed E-state index contributed by atoms with van der Waals surface area (Å²) in [4.78, 5) is 33.7. The van der Waals surface area contributed by atoms with Crippen LogP contribution in [0.1, 0.15) is 23.8 Å². The lowest BCUT2D eigenvalue weighted by Crippen LogP contribution is -2.37. The van der Waals surface area contributed by atoms with Crippen molar-refractivity contribution in [3.63, 3.8) is 0 Å². The van der Waals surface area contributed by atoms with Crippen LogP contribution in [-0.2, 0) is 4.79 Å². The number of aromatic carboxylic acids is 1. The summed E-state index contributed by atoms with van der Waals surface area (Å²) >= 11 is 0. The molecule has 1 heterocycles. The fourth-order valence-corrected chi connectivity index (χ4v) is 1.46. The summed E-state index contributed by atoms with van der Waals surface area (Å²) in [5, 5.41) is 8.89. The average Bonchev–Trinajstić information content (AvgIpc) is 2.38. The van der Waals surface area contributed by atoms with Crippen LogP contribution in [0, 0.1) is 0 Å². The van der Waals surface area contributed by atoms with Crippen molar-refractivity contribution in [3.8, 4) is 0 Å². The monoisotopic (exact) mass is 266 g/mol. The van der Waals surface area contributed by atoms with Crippen LogP contribution in [0.3, 0.4) is 0 Å². The van der Waals surface area contributed by atoms with Crippen molar-refractivity contribution < 1.29 is 14.7 Å². The van der Waals surface area contributed by atoms with Crippen LogP contribution < -0.4 is 4.90 Å². The van der Waals surface area contributed by atoms with Crippen molar-refractivity contribution in [1.29, 1.82) is 0 Å². The number of likely N-dealkylation sites (N-methyl/N-ethyl adjacent to an activating group) is 1.